The van der Waals surface area contributed by atoms with Crippen molar-refractivity contribution < 1.29 is 9.90 Å². The SMILES string of the molecule is Cc1cccc(-n2nc(C(=O)Nc3nc4scc(-c5ccccc5)n4n3)c(O)cc2=O)c1. The van der Waals surface area contributed by atoms with E-state index in [4.69, 9.17) is 0 Å². The molecule has 0 atom stereocenters. The highest BCUT2D eigenvalue weighted by atomic mass is 32.1. The van der Waals surface area contributed by atoms with Crippen LogP contribution < -0.4 is 10.9 Å². The monoisotopic (exact) mass is 444 g/mol. The van der Waals surface area contributed by atoms with Crippen molar-refractivity contribution in [2.45, 2.75) is 6.92 Å². The van der Waals surface area contributed by atoms with E-state index in [0.29, 0.717) is 10.6 Å². The van der Waals surface area contributed by atoms with E-state index in [9.17, 15) is 14.7 Å². The number of amides is 1. The summed E-state index contributed by atoms with van der Waals surface area (Å²) in [6, 6.07) is 17.7. The Morgan fingerprint density at radius 3 is 2.66 bits per heavy atom. The zero-order valence-electron chi connectivity index (χ0n) is 16.8. The molecule has 9 nitrogen and oxygen atoms in total. The quantitative estimate of drug-likeness (QED) is 0.440. The molecule has 0 aliphatic carbocycles. The molecule has 158 valence electrons. The van der Waals surface area contributed by atoms with Crippen molar-refractivity contribution in [3.63, 3.8) is 0 Å². The third-order valence-corrected chi connectivity index (χ3v) is 5.57. The molecule has 32 heavy (non-hydrogen) atoms. The van der Waals surface area contributed by atoms with Gasteiger partial charge in [-0.15, -0.1) is 16.4 Å². The highest BCUT2D eigenvalue weighted by Crippen LogP contribution is 2.26. The van der Waals surface area contributed by atoms with Gasteiger partial charge in [0.15, 0.2) is 11.4 Å². The number of benzene rings is 2. The third-order valence-electron chi connectivity index (χ3n) is 4.75. The summed E-state index contributed by atoms with van der Waals surface area (Å²) in [7, 11) is 0. The number of aryl methyl sites for hydroxylation is 1. The van der Waals surface area contributed by atoms with Crippen LogP contribution in [0.5, 0.6) is 5.75 Å². The summed E-state index contributed by atoms with van der Waals surface area (Å²) in [5.74, 6) is -1.20. The fourth-order valence-corrected chi connectivity index (χ4v) is 4.09. The summed E-state index contributed by atoms with van der Waals surface area (Å²) in [4.78, 5) is 30.1. The molecule has 2 N–H and O–H groups in total. The number of hydrogen-bond acceptors (Lipinski definition) is 7. The molecule has 0 spiro atoms. The van der Waals surface area contributed by atoms with Crippen LogP contribution in [-0.4, -0.2) is 35.4 Å². The van der Waals surface area contributed by atoms with Crippen molar-refractivity contribution in [1.29, 1.82) is 0 Å². The Labute approximate surface area is 185 Å². The first kappa shape index (κ1) is 19.6. The highest BCUT2D eigenvalue weighted by Gasteiger charge is 2.20. The van der Waals surface area contributed by atoms with E-state index >= 15 is 0 Å². The second-order valence-electron chi connectivity index (χ2n) is 7.04. The van der Waals surface area contributed by atoms with Crippen molar-refractivity contribution in [3.05, 3.63) is 87.7 Å². The molecule has 0 fully saturated rings. The summed E-state index contributed by atoms with van der Waals surface area (Å²) < 4.78 is 2.70. The van der Waals surface area contributed by atoms with Crippen LogP contribution in [0.4, 0.5) is 5.95 Å². The lowest BCUT2D eigenvalue weighted by atomic mass is 10.2. The minimum absolute atomic E-state index is 0.0635. The molecule has 1 amide bonds. The normalized spacial score (nSPS) is 11.0. The van der Waals surface area contributed by atoms with Crippen molar-refractivity contribution in [2.24, 2.45) is 0 Å². The van der Waals surface area contributed by atoms with Crippen molar-refractivity contribution >= 4 is 28.2 Å². The standard InChI is InChI=1S/C22H16N6O3S/c1-13-6-5-9-15(10-13)27-18(30)11-17(29)19(25-27)20(31)23-21-24-22-28(26-21)16(12-32-22)14-7-3-2-4-8-14/h2-12,29H,1H3,(H,23,26,31). The van der Waals surface area contributed by atoms with E-state index < -0.39 is 17.2 Å². The smallest absolute Gasteiger partial charge is 0.282 e. The maximum atomic E-state index is 12.8. The number of hydrogen-bond donors (Lipinski definition) is 2. The molecule has 0 aliphatic heterocycles. The van der Waals surface area contributed by atoms with Gasteiger partial charge in [0.25, 0.3) is 17.4 Å². The Bertz CT molecular complexity index is 1520. The number of nitrogens with zero attached hydrogens (tertiary/aromatic N) is 5. The second kappa shape index (κ2) is 7.75. The average Bonchev–Trinajstić information content (AvgIpc) is 3.34. The number of aromatic hydroxyl groups is 1. The van der Waals surface area contributed by atoms with Gasteiger partial charge in [0.1, 0.15) is 0 Å². The summed E-state index contributed by atoms with van der Waals surface area (Å²) in [5, 5.41) is 23.1. The van der Waals surface area contributed by atoms with Crippen molar-refractivity contribution in [2.75, 3.05) is 5.32 Å². The van der Waals surface area contributed by atoms with Crippen LogP contribution in [0.2, 0.25) is 0 Å². The second-order valence-corrected chi connectivity index (χ2v) is 7.87. The van der Waals surface area contributed by atoms with Crippen LogP contribution in [-0.2, 0) is 0 Å². The molecule has 5 rings (SSSR count). The van der Waals surface area contributed by atoms with E-state index in [1.165, 1.54) is 11.3 Å². The molecule has 10 heteroatoms. The van der Waals surface area contributed by atoms with E-state index in [1.54, 1.807) is 22.7 Å². The van der Waals surface area contributed by atoms with Gasteiger partial charge < -0.3 is 5.11 Å². The predicted octanol–water partition coefficient (Wildman–Crippen LogP) is 3.27. The van der Waals surface area contributed by atoms with Crippen LogP contribution in [0.1, 0.15) is 16.1 Å². The third kappa shape index (κ3) is 3.52. The fourth-order valence-electron chi connectivity index (χ4n) is 3.26. The summed E-state index contributed by atoms with van der Waals surface area (Å²) in [5.41, 5.74) is 2.34. The van der Waals surface area contributed by atoms with Gasteiger partial charge in [-0.25, -0.2) is 4.52 Å². The number of aromatic nitrogens is 5. The largest absolute Gasteiger partial charge is 0.505 e. The first-order valence-electron chi connectivity index (χ1n) is 9.61. The molecule has 0 unspecified atom stereocenters. The van der Waals surface area contributed by atoms with Crippen molar-refractivity contribution in [3.8, 4) is 22.7 Å². The maximum absolute atomic E-state index is 12.8. The fraction of sp³-hybridized carbons (Fsp3) is 0.0455. The lowest BCUT2D eigenvalue weighted by Gasteiger charge is -2.08. The molecule has 0 bridgehead atoms. The Morgan fingerprint density at radius 1 is 1.06 bits per heavy atom. The molecule has 0 radical (unpaired) electrons. The van der Waals surface area contributed by atoms with Gasteiger partial charge in [-0.05, 0) is 24.6 Å². The number of anilines is 1. The van der Waals surface area contributed by atoms with E-state index in [1.807, 2.05) is 48.7 Å². The molecule has 0 aliphatic rings. The van der Waals surface area contributed by atoms with Crippen LogP contribution in [0.3, 0.4) is 0 Å². The number of carbonyl (C=O) groups is 1. The summed E-state index contributed by atoms with van der Waals surface area (Å²) >= 11 is 1.39. The average molecular weight is 444 g/mol. The zero-order chi connectivity index (χ0) is 22.2. The van der Waals surface area contributed by atoms with E-state index in [-0.39, 0.29) is 11.6 Å². The van der Waals surface area contributed by atoms with Gasteiger partial charge in [-0.2, -0.15) is 14.8 Å². The molecule has 0 saturated carbocycles. The van der Waals surface area contributed by atoms with Crippen LogP contribution in [0.15, 0.2) is 70.8 Å². The Kier molecular flexibility index (Phi) is 4.75. The lowest BCUT2D eigenvalue weighted by molar-refractivity contribution is 0.101. The first-order valence-corrected chi connectivity index (χ1v) is 10.5. The first-order chi connectivity index (χ1) is 15.5. The van der Waals surface area contributed by atoms with Gasteiger partial charge in [0, 0.05) is 17.0 Å². The van der Waals surface area contributed by atoms with E-state index in [0.717, 1.165) is 27.6 Å². The highest BCUT2D eigenvalue weighted by molar-refractivity contribution is 7.15. The predicted molar refractivity (Wildman–Crippen MR) is 120 cm³/mol. The molecule has 0 saturated heterocycles. The van der Waals surface area contributed by atoms with Crippen LogP contribution in [0.25, 0.3) is 21.9 Å². The Balaban J connectivity index is 1.48. The van der Waals surface area contributed by atoms with E-state index in [2.05, 4.69) is 20.5 Å². The summed E-state index contributed by atoms with van der Waals surface area (Å²) in [6.45, 7) is 1.88. The molecular weight excluding hydrogens is 428 g/mol. The summed E-state index contributed by atoms with van der Waals surface area (Å²) in [6.07, 6.45) is 0. The molecule has 5 aromatic rings. The van der Waals surface area contributed by atoms with Gasteiger partial charge in [-0.1, -0.05) is 42.5 Å². The molecule has 3 aromatic heterocycles. The zero-order valence-corrected chi connectivity index (χ0v) is 17.6. The molecule has 3 heterocycles. The molecule has 2 aromatic carbocycles. The minimum atomic E-state index is -0.733. The topological polar surface area (TPSA) is 114 Å². The molecular formula is C22H16N6O3S. The minimum Gasteiger partial charge on any atom is -0.505 e. The number of fused-ring (bicyclic) bond motifs is 1. The van der Waals surface area contributed by atoms with Gasteiger partial charge in [0.05, 0.1) is 11.4 Å². The van der Waals surface area contributed by atoms with Gasteiger partial charge >= 0.3 is 0 Å². The van der Waals surface area contributed by atoms with Gasteiger partial charge in [-0.3, -0.25) is 14.9 Å². The Hall–Kier alpha value is -4.31. The maximum Gasteiger partial charge on any atom is 0.282 e. The van der Waals surface area contributed by atoms with Crippen LogP contribution >= 0.6 is 11.3 Å². The van der Waals surface area contributed by atoms with Crippen LogP contribution in [0, 0.1) is 6.92 Å². The lowest BCUT2D eigenvalue weighted by Crippen LogP contribution is -2.25. The van der Waals surface area contributed by atoms with Gasteiger partial charge in [0.2, 0.25) is 4.96 Å². The number of carbonyl (C=O) groups excluding carboxylic acids is 1. The Morgan fingerprint density at radius 2 is 1.88 bits per heavy atom. The number of nitrogens with one attached hydrogen (secondary N) is 1. The number of rotatable bonds is 4. The number of thiazole rings is 1. The van der Waals surface area contributed by atoms with Crippen molar-refractivity contribution in [1.82, 2.24) is 24.4 Å².